The predicted molar refractivity (Wildman–Crippen MR) is 68.4 cm³/mol. The number of aryl methyl sites for hydroxylation is 2. The molecule has 0 aliphatic carbocycles. The number of nitrogens with one attached hydrogen (secondary N) is 1. The Morgan fingerprint density at radius 1 is 1.33 bits per heavy atom. The number of nitro groups is 1. The highest BCUT2D eigenvalue weighted by molar-refractivity contribution is 5.82. The van der Waals surface area contributed by atoms with E-state index in [1.807, 2.05) is 13.8 Å². The van der Waals surface area contributed by atoms with E-state index < -0.39 is 4.92 Å². The summed E-state index contributed by atoms with van der Waals surface area (Å²) in [6.07, 6.45) is 1.66. The highest BCUT2D eigenvalue weighted by Crippen LogP contribution is 2.20. The summed E-state index contributed by atoms with van der Waals surface area (Å²) in [7, 11) is 0. The molecule has 92 valence electrons. The standard InChI is InChI=1S/C12H12N4O2/c1-8-12(9(2)15-14-8)13-7-10-3-5-11(6-4-10)16(17)18/h3-7H,1-2H3,(H,14,15). The second-order valence-corrected chi connectivity index (χ2v) is 3.89. The van der Waals surface area contributed by atoms with E-state index in [0.717, 1.165) is 22.6 Å². The number of aromatic amines is 1. The topological polar surface area (TPSA) is 84.2 Å². The van der Waals surface area contributed by atoms with Crippen LogP contribution in [0.15, 0.2) is 29.3 Å². The fourth-order valence-electron chi connectivity index (χ4n) is 1.56. The molecule has 6 nitrogen and oxygen atoms in total. The lowest BCUT2D eigenvalue weighted by Crippen LogP contribution is -1.88. The fraction of sp³-hybridized carbons (Fsp3) is 0.167. The van der Waals surface area contributed by atoms with Crippen molar-refractivity contribution in [1.82, 2.24) is 10.2 Å². The van der Waals surface area contributed by atoms with Crippen LogP contribution in [-0.2, 0) is 0 Å². The first-order chi connectivity index (χ1) is 8.58. The maximum atomic E-state index is 10.5. The molecule has 1 heterocycles. The Bertz CT molecular complexity index is 580. The normalized spacial score (nSPS) is 11.0. The second-order valence-electron chi connectivity index (χ2n) is 3.89. The van der Waals surface area contributed by atoms with Crippen LogP contribution in [0, 0.1) is 24.0 Å². The molecule has 0 fully saturated rings. The molecule has 0 saturated carbocycles. The average Bonchev–Trinajstić information content (AvgIpc) is 2.67. The molecule has 18 heavy (non-hydrogen) atoms. The van der Waals surface area contributed by atoms with Gasteiger partial charge in [-0.05, 0) is 31.5 Å². The molecule has 2 rings (SSSR count). The lowest BCUT2D eigenvalue weighted by atomic mass is 10.2. The maximum absolute atomic E-state index is 10.5. The van der Waals surface area contributed by atoms with Crippen LogP contribution in [0.5, 0.6) is 0 Å². The minimum Gasteiger partial charge on any atom is -0.280 e. The summed E-state index contributed by atoms with van der Waals surface area (Å²) in [5.74, 6) is 0. The quantitative estimate of drug-likeness (QED) is 0.511. The molecule has 2 aromatic rings. The van der Waals surface area contributed by atoms with Crippen LogP contribution in [-0.4, -0.2) is 21.3 Å². The number of hydrogen-bond acceptors (Lipinski definition) is 4. The van der Waals surface area contributed by atoms with Crippen molar-refractivity contribution < 1.29 is 4.92 Å². The molecule has 0 spiro atoms. The average molecular weight is 244 g/mol. The molecule has 6 heteroatoms. The van der Waals surface area contributed by atoms with Crippen LogP contribution < -0.4 is 0 Å². The van der Waals surface area contributed by atoms with Crippen molar-refractivity contribution in [3.05, 3.63) is 51.3 Å². The van der Waals surface area contributed by atoms with Gasteiger partial charge in [-0.1, -0.05) is 0 Å². The summed E-state index contributed by atoms with van der Waals surface area (Å²) >= 11 is 0. The minimum absolute atomic E-state index is 0.0721. The van der Waals surface area contributed by atoms with Crippen LogP contribution in [0.1, 0.15) is 17.0 Å². The Morgan fingerprint density at radius 3 is 2.50 bits per heavy atom. The summed E-state index contributed by atoms with van der Waals surface area (Å²) in [4.78, 5) is 14.4. The zero-order valence-electron chi connectivity index (χ0n) is 10.0. The van der Waals surface area contributed by atoms with Crippen molar-refractivity contribution in [3.63, 3.8) is 0 Å². The van der Waals surface area contributed by atoms with Crippen molar-refractivity contribution in [2.75, 3.05) is 0 Å². The number of nitrogens with zero attached hydrogens (tertiary/aromatic N) is 3. The number of non-ortho nitro benzene ring substituents is 1. The number of H-pyrrole nitrogens is 1. The number of nitro benzene ring substituents is 1. The molecule has 1 N–H and O–H groups in total. The fourth-order valence-corrected chi connectivity index (χ4v) is 1.56. The predicted octanol–water partition coefficient (Wildman–Crippen LogP) is 2.69. The van der Waals surface area contributed by atoms with Crippen LogP contribution in [0.25, 0.3) is 0 Å². The zero-order chi connectivity index (χ0) is 13.1. The monoisotopic (exact) mass is 244 g/mol. The Balaban J connectivity index is 2.21. The third kappa shape index (κ3) is 2.42. The number of benzene rings is 1. The van der Waals surface area contributed by atoms with Crippen LogP contribution in [0.2, 0.25) is 0 Å². The van der Waals surface area contributed by atoms with Crippen LogP contribution in [0.4, 0.5) is 11.4 Å². The van der Waals surface area contributed by atoms with Crippen LogP contribution in [0.3, 0.4) is 0 Å². The summed E-state index contributed by atoms with van der Waals surface area (Å²) in [5.41, 5.74) is 3.40. The first kappa shape index (κ1) is 12.0. The van der Waals surface area contributed by atoms with Crippen molar-refractivity contribution >= 4 is 17.6 Å². The zero-order valence-corrected chi connectivity index (χ0v) is 10.0. The van der Waals surface area contributed by atoms with Gasteiger partial charge in [-0.15, -0.1) is 0 Å². The summed E-state index contributed by atoms with van der Waals surface area (Å²) in [5, 5.41) is 17.4. The van der Waals surface area contributed by atoms with Gasteiger partial charge < -0.3 is 0 Å². The van der Waals surface area contributed by atoms with E-state index in [1.54, 1.807) is 18.3 Å². The van der Waals surface area contributed by atoms with Gasteiger partial charge in [0.1, 0.15) is 5.69 Å². The van der Waals surface area contributed by atoms with E-state index in [1.165, 1.54) is 12.1 Å². The summed E-state index contributed by atoms with van der Waals surface area (Å²) < 4.78 is 0. The van der Waals surface area contributed by atoms with Gasteiger partial charge >= 0.3 is 0 Å². The van der Waals surface area contributed by atoms with E-state index in [4.69, 9.17) is 0 Å². The number of aliphatic imine (C=N–C) groups is 1. The van der Waals surface area contributed by atoms with Gasteiger partial charge in [0.05, 0.1) is 16.3 Å². The largest absolute Gasteiger partial charge is 0.280 e. The van der Waals surface area contributed by atoms with Crippen molar-refractivity contribution in [1.29, 1.82) is 0 Å². The SMILES string of the molecule is Cc1n[nH]c(C)c1N=Cc1ccc([N+](=O)[O-])cc1. The Hall–Kier alpha value is -2.50. The maximum Gasteiger partial charge on any atom is 0.269 e. The molecule has 0 bridgehead atoms. The number of hydrogen-bond donors (Lipinski definition) is 1. The number of rotatable bonds is 3. The third-order valence-electron chi connectivity index (χ3n) is 2.54. The van der Waals surface area contributed by atoms with E-state index in [9.17, 15) is 10.1 Å². The third-order valence-corrected chi connectivity index (χ3v) is 2.54. The lowest BCUT2D eigenvalue weighted by Gasteiger charge is -1.94. The van der Waals surface area contributed by atoms with Gasteiger partial charge in [-0.3, -0.25) is 20.2 Å². The molecular formula is C12H12N4O2. The lowest BCUT2D eigenvalue weighted by molar-refractivity contribution is -0.384. The van der Waals surface area contributed by atoms with Gasteiger partial charge in [0.2, 0.25) is 0 Å². The van der Waals surface area contributed by atoms with Crippen LogP contribution >= 0.6 is 0 Å². The van der Waals surface area contributed by atoms with E-state index in [2.05, 4.69) is 15.2 Å². The second kappa shape index (κ2) is 4.79. The van der Waals surface area contributed by atoms with Crippen molar-refractivity contribution in [2.45, 2.75) is 13.8 Å². The molecule has 0 amide bonds. The van der Waals surface area contributed by atoms with E-state index in [0.29, 0.717) is 0 Å². The van der Waals surface area contributed by atoms with Crippen molar-refractivity contribution in [3.8, 4) is 0 Å². The van der Waals surface area contributed by atoms with Gasteiger partial charge in [-0.25, -0.2) is 0 Å². The Labute approximate surface area is 104 Å². The molecule has 0 aliphatic heterocycles. The molecule has 0 radical (unpaired) electrons. The van der Waals surface area contributed by atoms with E-state index in [-0.39, 0.29) is 5.69 Å². The van der Waals surface area contributed by atoms with E-state index >= 15 is 0 Å². The summed E-state index contributed by atoms with van der Waals surface area (Å²) in [6, 6.07) is 6.23. The Morgan fingerprint density at radius 2 is 2.00 bits per heavy atom. The van der Waals surface area contributed by atoms with Gasteiger partial charge in [0.15, 0.2) is 0 Å². The summed E-state index contributed by atoms with van der Waals surface area (Å²) in [6.45, 7) is 3.76. The Kier molecular flexibility index (Phi) is 3.18. The molecule has 0 unspecified atom stereocenters. The molecule has 0 saturated heterocycles. The molecule has 0 atom stereocenters. The smallest absolute Gasteiger partial charge is 0.269 e. The van der Waals surface area contributed by atoms with Crippen molar-refractivity contribution in [2.24, 2.45) is 4.99 Å². The number of aromatic nitrogens is 2. The highest BCUT2D eigenvalue weighted by Gasteiger charge is 2.04. The molecule has 0 aliphatic rings. The first-order valence-electron chi connectivity index (χ1n) is 5.38. The van der Waals surface area contributed by atoms with Gasteiger partial charge in [0.25, 0.3) is 5.69 Å². The molecular weight excluding hydrogens is 232 g/mol. The minimum atomic E-state index is -0.425. The molecule has 1 aromatic heterocycles. The van der Waals surface area contributed by atoms with Gasteiger partial charge in [-0.2, -0.15) is 5.10 Å². The highest BCUT2D eigenvalue weighted by atomic mass is 16.6. The molecule has 1 aromatic carbocycles. The first-order valence-corrected chi connectivity index (χ1v) is 5.38. The van der Waals surface area contributed by atoms with Gasteiger partial charge in [0, 0.05) is 18.3 Å².